The summed E-state index contributed by atoms with van der Waals surface area (Å²) >= 11 is 0. The Hall–Kier alpha value is -2.34. The molecule has 3 N–H and O–H groups in total. The summed E-state index contributed by atoms with van der Waals surface area (Å²) in [6.07, 6.45) is 3.61. The van der Waals surface area contributed by atoms with Crippen LogP contribution in [0.4, 0.5) is 0 Å². The Morgan fingerprint density at radius 3 is 2.79 bits per heavy atom. The summed E-state index contributed by atoms with van der Waals surface area (Å²) in [6, 6.07) is -0.600. The van der Waals surface area contributed by atoms with Crippen LogP contribution in [0.15, 0.2) is 11.1 Å². The molecule has 0 aromatic carbocycles. The number of nitrogens with two attached hydrogens (primary N) is 1. The molecule has 12 heteroatoms. The number of rotatable bonds is 3. The standard InChI is InChI=1S/C12H17N7O4S/c1-18-12(21)19-6-14-9(10(19)16-17-18)11(20)15-7-4-2-3-5-8(7)24(13,22)23/h6-8H,2-5H2,1H3,(H,15,20)(H2,13,22,23). The quantitative estimate of drug-likeness (QED) is 0.655. The van der Waals surface area contributed by atoms with Crippen LogP contribution >= 0.6 is 0 Å². The molecule has 2 aromatic heterocycles. The van der Waals surface area contributed by atoms with Crippen LogP contribution in [0.1, 0.15) is 36.2 Å². The summed E-state index contributed by atoms with van der Waals surface area (Å²) in [5, 5.41) is 14.5. The zero-order valence-corrected chi connectivity index (χ0v) is 13.7. The predicted molar refractivity (Wildman–Crippen MR) is 82.6 cm³/mol. The lowest BCUT2D eigenvalue weighted by molar-refractivity contribution is 0.0925. The fourth-order valence-corrected chi connectivity index (χ4v) is 4.09. The van der Waals surface area contributed by atoms with E-state index >= 15 is 0 Å². The largest absolute Gasteiger partial charge is 0.352 e. The molecule has 0 radical (unpaired) electrons. The fourth-order valence-electron chi connectivity index (χ4n) is 2.93. The summed E-state index contributed by atoms with van der Waals surface area (Å²) in [5.41, 5.74) is -0.566. The van der Waals surface area contributed by atoms with Crippen LogP contribution in [0.3, 0.4) is 0 Å². The van der Waals surface area contributed by atoms with Gasteiger partial charge in [-0.05, 0) is 12.8 Å². The van der Waals surface area contributed by atoms with Crippen molar-refractivity contribution in [2.45, 2.75) is 37.0 Å². The normalized spacial score (nSPS) is 21.8. The van der Waals surface area contributed by atoms with E-state index in [-0.39, 0.29) is 11.3 Å². The van der Waals surface area contributed by atoms with E-state index in [1.54, 1.807) is 0 Å². The average molecular weight is 355 g/mol. The van der Waals surface area contributed by atoms with E-state index in [2.05, 4.69) is 20.6 Å². The van der Waals surface area contributed by atoms with Crippen molar-refractivity contribution in [2.24, 2.45) is 12.2 Å². The minimum Gasteiger partial charge on any atom is -0.346 e. The summed E-state index contributed by atoms with van der Waals surface area (Å²) in [5.74, 6) is -0.611. The number of imidazole rings is 1. The molecule has 11 nitrogen and oxygen atoms in total. The van der Waals surface area contributed by atoms with Crippen molar-refractivity contribution in [1.29, 1.82) is 0 Å². The molecule has 1 fully saturated rings. The van der Waals surface area contributed by atoms with Crippen LogP contribution in [-0.4, -0.2) is 50.0 Å². The molecular formula is C12H17N7O4S. The number of sulfonamides is 1. The molecule has 2 heterocycles. The lowest BCUT2D eigenvalue weighted by atomic mass is 9.95. The van der Waals surface area contributed by atoms with Crippen molar-refractivity contribution >= 4 is 21.6 Å². The van der Waals surface area contributed by atoms with Gasteiger partial charge in [0.05, 0.1) is 5.25 Å². The van der Waals surface area contributed by atoms with Crippen molar-refractivity contribution in [3.63, 3.8) is 0 Å². The Bertz CT molecular complexity index is 948. The molecule has 2 aromatic rings. The molecule has 2 unspecified atom stereocenters. The molecule has 0 saturated heterocycles. The smallest absolute Gasteiger partial charge is 0.346 e. The van der Waals surface area contributed by atoms with E-state index in [1.807, 2.05) is 0 Å². The number of nitrogens with one attached hydrogen (secondary N) is 1. The highest BCUT2D eigenvalue weighted by molar-refractivity contribution is 7.89. The van der Waals surface area contributed by atoms with E-state index in [1.165, 1.54) is 13.4 Å². The Morgan fingerprint density at radius 2 is 2.08 bits per heavy atom. The highest BCUT2D eigenvalue weighted by Gasteiger charge is 2.35. The Kier molecular flexibility index (Phi) is 4.09. The Labute approximate surface area is 136 Å². The van der Waals surface area contributed by atoms with Gasteiger partial charge in [0.25, 0.3) is 5.91 Å². The molecule has 3 rings (SSSR count). The summed E-state index contributed by atoms with van der Waals surface area (Å²) < 4.78 is 25.5. The molecule has 130 valence electrons. The van der Waals surface area contributed by atoms with Crippen molar-refractivity contribution in [1.82, 2.24) is 29.7 Å². The summed E-state index contributed by atoms with van der Waals surface area (Å²) in [4.78, 5) is 28.3. The van der Waals surface area contributed by atoms with Crippen LogP contribution in [0.5, 0.6) is 0 Å². The molecule has 0 spiro atoms. The highest BCUT2D eigenvalue weighted by atomic mass is 32.2. The molecule has 0 aliphatic heterocycles. The first-order chi connectivity index (χ1) is 11.3. The zero-order chi connectivity index (χ0) is 17.5. The van der Waals surface area contributed by atoms with Crippen LogP contribution in [-0.2, 0) is 17.1 Å². The van der Waals surface area contributed by atoms with Gasteiger partial charge in [0.2, 0.25) is 10.0 Å². The number of fused-ring (bicyclic) bond motifs is 1. The predicted octanol–water partition coefficient (Wildman–Crippen LogP) is -1.85. The first-order valence-corrected chi connectivity index (χ1v) is 8.99. The molecular weight excluding hydrogens is 338 g/mol. The molecule has 24 heavy (non-hydrogen) atoms. The van der Waals surface area contributed by atoms with Crippen LogP contribution in [0, 0.1) is 0 Å². The number of aromatic nitrogens is 5. The first kappa shape index (κ1) is 16.5. The number of carbonyl (C=O) groups excluding carboxylic acids is 1. The van der Waals surface area contributed by atoms with E-state index in [0.717, 1.165) is 21.9 Å². The van der Waals surface area contributed by atoms with Gasteiger partial charge in [-0.3, -0.25) is 4.79 Å². The fraction of sp³-hybridized carbons (Fsp3) is 0.583. The van der Waals surface area contributed by atoms with E-state index in [4.69, 9.17) is 5.14 Å². The number of hydrogen-bond acceptors (Lipinski definition) is 7. The highest BCUT2D eigenvalue weighted by Crippen LogP contribution is 2.23. The van der Waals surface area contributed by atoms with Gasteiger partial charge in [-0.25, -0.2) is 27.7 Å². The van der Waals surface area contributed by atoms with Gasteiger partial charge in [-0.2, -0.15) is 4.68 Å². The monoisotopic (exact) mass is 355 g/mol. The lowest BCUT2D eigenvalue weighted by Crippen LogP contribution is -2.50. The van der Waals surface area contributed by atoms with Gasteiger partial charge in [0.15, 0.2) is 11.3 Å². The second-order valence-corrected chi connectivity index (χ2v) is 7.56. The lowest BCUT2D eigenvalue weighted by Gasteiger charge is -2.30. The number of amides is 1. The molecule has 1 saturated carbocycles. The van der Waals surface area contributed by atoms with Crippen molar-refractivity contribution in [3.8, 4) is 0 Å². The van der Waals surface area contributed by atoms with E-state index in [0.29, 0.717) is 12.8 Å². The second kappa shape index (κ2) is 5.94. The van der Waals surface area contributed by atoms with E-state index in [9.17, 15) is 18.0 Å². The van der Waals surface area contributed by atoms with Crippen LogP contribution < -0.4 is 16.1 Å². The first-order valence-electron chi connectivity index (χ1n) is 7.38. The maximum atomic E-state index is 12.5. The number of nitrogens with zero attached hydrogens (tertiary/aromatic N) is 5. The van der Waals surface area contributed by atoms with Crippen molar-refractivity contribution in [3.05, 3.63) is 22.5 Å². The third kappa shape index (κ3) is 2.89. The summed E-state index contributed by atoms with van der Waals surface area (Å²) in [6.45, 7) is 0. The molecule has 1 amide bonds. The van der Waals surface area contributed by atoms with E-state index < -0.39 is 32.9 Å². The number of hydrogen-bond donors (Lipinski definition) is 2. The minimum absolute atomic E-state index is 0.0126. The van der Waals surface area contributed by atoms with Gasteiger partial charge in [0.1, 0.15) is 6.33 Å². The van der Waals surface area contributed by atoms with Gasteiger partial charge in [0, 0.05) is 13.1 Å². The molecule has 1 aliphatic rings. The topological polar surface area (TPSA) is 154 Å². The van der Waals surface area contributed by atoms with Gasteiger partial charge in [-0.15, -0.1) is 5.10 Å². The molecule has 0 bridgehead atoms. The van der Waals surface area contributed by atoms with Crippen LogP contribution in [0.25, 0.3) is 5.65 Å². The van der Waals surface area contributed by atoms with Crippen molar-refractivity contribution < 1.29 is 13.2 Å². The molecule has 1 aliphatic carbocycles. The third-order valence-corrected chi connectivity index (χ3v) is 5.56. The third-order valence-electron chi connectivity index (χ3n) is 4.15. The maximum Gasteiger partial charge on any atom is 0.352 e. The maximum absolute atomic E-state index is 12.5. The zero-order valence-electron chi connectivity index (χ0n) is 12.9. The van der Waals surface area contributed by atoms with Crippen LogP contribution in [0.2, 0.25) is 0 Å². The minimum atomic E-state index is -3.77. The molecule has 2 atom stereocenters. The SMILES string of the molecule is Cn1nnc2c(C(=O)NC3CCCCC3S(N)(=O)=O)ncn2c1=O. The van der Waals surface area contributed by atoms with Crippen molar-refractivity contribution in [2.75, 3.05) is 0 Å². The Morgan fingerprint density at radius 1 is 1.38 bits per heavy atom. The van der Waals surface area contributed by atoms with Gasteiger partial charge >= 0.3 is 5.69 Å². The number of aryl methyl sites for hydroxylation is 1. The van der Waals surface area contributed by atoms with Gasteiger partial charge < -0.3 is 5.32 Å². The second-order valence-electron chi connectivity index (χ2n) is 5.77. The summed E-state index contributed by atoms with van der Waals surface area (Å²) in [7, 11) is -2.34. The number of primary sulfonamides is 1. The Balaban J connectivity index is 1.90. The van der Waals surface area contributed by atoms with Gasteiger partial charge in [-0.1, -0.05) is 18.1 Å². The average Bonchev–Trinajstić information content (AvgIpc) is 2.95. The number of carbonyl (C=O) groups is 1.